The first-order valence-electron chi connectivity index (χ1n) is 6.61. The minimum Gasteiger partial charge on any atom is -0.317 e. The van der Waals surface area contributed by atoms with Gasteiger partial charge in [0.25, 0.3) is 0 Å². The zero-order valence-electron chi connectivity index (χ0n) is 9.60. The lowest BCUT2D eigenvalue weighted by Gasteiger charge is -2.36. The van der Waals surface area contributed by atoms with E-state index in [1.807, 2.05) is 0 Å². The second-order valence-electron chi connectivity index (χ2n) is 5.29. The highest BCUT2D eigenvalue weighted by molar-refractivity contribution is 4.81. The van der Waals surface area contributed by atoms with Gasteiger partial charge in [-0.3, -0.25) is 0 Å². The Bertz CT molecular complexity index is 161. The first kappa shape index (κ1) is 10.5. The predicted molar refractivity (Wildman–Crippen MR) is 61.3 cm³/mol. The molecule has 0 radical (unpaired) electrons. The second-order valence-corrected chi connectivity index (χ2v) is 5.29. The van der Waals surface area contributed by atoms with Gasteiger partial charge in [0.15, 0.2) is 0 Å². The average Bonchev–Trinajstić information content (AvgIpc) is 2.30. The number of hydrogen-bond donors (Lipinski definition) is 1. The standard InChI is InChI=1S/C13H25N/c1-2-11-4-3-5-13(10-11)12-6-8-14-9-7-12/h11-14H,2-10H2,1H3. The highest BCUT2D eigenvalue weighted by Gasteiger charge is 2.28. The van der Waals surface area contributed by atoms with Crippen molar-refractivity contribution in [2.45, 2.75) is 51.9 Å². The molecule has 0 aromatic carbocycles. The van der Waals surface area contributed by atoms with Crippen molar-refractivity contribution in [3.8, 4) is 0 Å². The molecule has 0 aromatic rings. The second kappa shape index (κ2) is 5.16. The van der Waals surface area contributed by atoms with Crippen molar-refractivity contribution in [2.24, 2.45) is 17.8 Å². The van der Waals surface area contributed by atoms with Crippen LogP contribution in [0.25, 0.3) is 0 Å². The molecular formula is C13H25N. The molecule has 1 saturated carbocycles. The van der Waals surface area contributed by atoms with Crippen molar-refractivity contribution in [2.75, 3.05) is 13.1 Å². The summed E-state index contributed by atoms with van der Waals surface area (Å²) in [6, 6.07) is 0. The number of nitrogens with one attached hydrogen (secondary N) is 1. The van der Waals surface area contributed by atoms with Gasteiger partial charge in [0, 0.05) is 0 Å². The summed E-state index contributed by atoms with van der Waals surface area (Å²) < 4.78 is 0. The van der Waals surface area contributed by atoms with E-state index in [1.165, 1.54) is 51.6 Å². The molecule has 1 aliphatic carbocycles. The normalized spacial score (nSPS) is 35.8. The third-order valence-corrected chi connectivity index (χ3v) is 4.45. The lowest BCUT2D eigenvalue weighted by atomic mass is 9.72. The van der Waals surface area contributed by atoms with Gasteiger partial charge in [-0.1, -0.05) is 32.6 Å². The van der Waals surface area contributed by atoms with E-state index in [0.717, 1.165) is 17.8 Å². The van der Waals surface area contributed by atoms with Crippen LogP contribution in [0.4, 0.5) is 0 Å². The summed E-state index contributed by atoms with van der Waals surface area (Å²) in [6.45, 7) is 4.92. The highest BCUT2D eigenvalue weighted by atomic mass is 14.9. The quantitative estimate of drug-likeness (QED) is 0.713. The smallest absolute Gasteiger partial charge is 0.00462 e. The zero-order chi connectivity index (χ0) is 9.80. The molecule has 2 atom stereocenters. The van der Waals surface area contributed by atoms with Gasteiger partial charge in [0.1, 0.15) is 0 Å². The maximum Gasteiger partial charge on any atom is -0.00462 e. The van der Waals surface area contributed by atoms with E-state index in [2.05, 4.69) is 12.2 Å². The molecule has 0 aromatic heterocycles. The van der Waals surface area contributed by atoms with Crippen molar-refractivity contribution in [3.63, 3.8) is 0 Å². The van der Waals surface area contributed by atoms with Crippen molar-refractivity contribution in [1.29, 1.82) is 0 Å². The molecule has 0 amide bonds. The van der Waals surface area contributed by atoms with Gasteiger partial charge in [-0.15, -0.1) is 0 Å². The molecule has 1 heteroatoms. The summed E-state index contributed by atoms with van der Waals surface area (Å²) in [4.78, 5) is 0. The molecule has 1 saturated heterocycles. The molecule has 1 aliphatic heterocycles. The molecule has 1 nitrogen and oxygen atoms in total. The third kappa shape index (κ3) is 2.50. The van der Waals surface area contributed by atoms with E-state index in [-0.39, 0.29) is 0 Å². The van der Waals surface area contributed by atoms with Gasteiger partial charge in [-0.05, 0) is 50.1 Å². The average molecular weight is 195 g/mol. The van der Waals surface area contributed by atoms with Crippen LogP contribution >= 0.6 is 0 Å². The van der Waals surface area contributed by atoms with Crippen molar-refractivity contribution in [3.05, 3.63) is 0 Å². The summed E-state index contributed by atoms with van der Waals surface area (Å²) in [5.41, 5.74) is 0. The molecule has 2 aliphatic rings. The number of rotatable bonds is 2. The topological polar surface area (TPSA) is 12.0 Å². The van der Waals surface area contributed by atoms with Crippen LogP contribution in [0, 0.1) is 17.8 Å². The maximum absolute atomic E-state index is 3.48. The Labute approximate surface area is 88.7 Å². The molecule has 2 rings (SSSR count). The molecule has 82 valence electrons. The fourth-order valence-corrected chi connectivity index (χ4v) is 3.45. The Morgan fingerprint density at radius 3 is 2.50 bits per heavy atom. The fourth-order valence-electron chi connectivity index (χ4n) is 3.45. The Kier molecular flexibility index (Phi) is 3.86. The van der Waals surface area contributed by atoms with Crippen LogP contribution in [0.3, 0.4) is 0 Å². The van der Waals surface area contributed by atoms with Gasteiger partial charge in [-0.25, -0.2) is 0 Å². The number of piperidine rings is 1. The maximum atomic E-state index is 3.48. The molecule has 2 unspecified atom stereocenters. The van der Waals surface area contributed by atoms with Crippen molar-refractivity contribution in [1.82, 2.24) is 5.32 Å². The Hall–Kier alpha value is -0.0400. The molecular weight excluding hydrogens is 170 g/mol. The first-order chi connectivity index (χ1) is 6.90. The van der Waals surface area contributed by atoms with Crippen LogP contribution < -0.4 is 5.32 Å². The summed E-state index contributed by atoms with van der Waals surface area (Å²) in [5, 5.41) is 3.48. The van der Waals surface area contributed by atoms with Crippen molar-refractivity contribution < 1.29 is 0 Å². The van der Waals surface area contributed by atoms with E-state index >= 15 is 0 Å². The predicted octanol–water partition coefficient (Wildman–Crippen LogP) is 3.20. The highest BCUT2D eigenvalue weighted by Crippen LogP contribution is 2.38. The molecule has 0 bridgehead atoms. The van der Waals surface area contributed by atoms with Crippen LogP contribution in [0.2, 0.25) is 0 Å². The van der Waals surface area contributed by atoms with E-state index in [9.17, 15) is 0 Å². The van der Waals surface area contributed by atoms with E-state index in [0.29, 0.717) is 0 Å². The Balaban J connectivity index is 1.83. The third-order valence-electron chi connectivity index (χ3n) is 4.45. The summed E-state index contributed by atoms with van der Waals surface area (Å²) in [7, 11) is 0. The van der Waals surface area contributed by atoms with Gasteiger partial charge in [-0.2, -0.15) is 0 Å². The lowest BCUT2D eigenvalue weighted by Crippen LogP contribution is -2.33. The fraction of sp³-hybridized carbons (Fsp3) is 1.00. The molecule has 0 spiro atoms. The lowest BCUT2D eigenvalue weighted by molar-refractivity contribution is 0.163. The largest absolute Gasteiger partial charge is 0.317 e. The van der Waals surface area contributed by atoms with E-state index in [1.54, 1.807) is 6.42 Å². The molecule has 14 heavy (non-hydrogen) atoms. The van der Waals surface area contributed by atoms with Crippen LogP contribution in [0.15, 0.2) is 0 Å². The Morgan fingerprint density at radius 2 is 1.79 bits per heavy atom. The molecule has 2 fully saturated rings. The van der Waals surface area contributed by atoms with Crippen LogP contribution in [0.1, 0.15) is 51.9 Å². The van der Waals surface area contributed by atoms with E-state index < -0.39 is 0 Å². The zero-order valence-corrected chi connectivity index (χ0v) is 9.60. The summed E-state index contributed by atoms with van der Waals surface area (Å²) in [5.74, 6) is 3.20. The Morgan fingerprint density at radius 1 is 1.00 bits per heavy atom. The monoisotopic (exact) mass is 195 g/mol. The molecule has 1 heterocycles. The van der Waals surface area contributed by atoms with Crippen LogP contribution in [-0.2, 0) is 0 Å². The minimum atomic E-state index is 1.06. The summed E-state index contributed by atoms with van der Waals surface area (Å²) >= 11 is 0. The van der Waals surface area contributed by atoms with Gasteiger partial charge in [0.05, 0.1) is 0 Å². The van der Waals surface area contributed by atoms with Gasteiger partial charge in [0.2, 0.25) is 0 Å². The SMILES string of the molecule is CCC1CCCC(C2CCNCC2)C1. The van der Waals surface area contributed by atoms with Crippen molar-refractivity contribution >= 4 is 0 Å². The molecule has 1 N–H and O–H groups in total. The van der Waals surface area contributed by atoms with Gasteiger partial charge < -0.3 is 5.32 Å². The van der Waals surface area contributed by atoms with Crippen LogP contribution in [-0.4, -0.2) is 13.1 Å². The first-order valence-corrected chi connectivity index (χ1v) is 6.61. The van der Waals surface area contributed by atoms with E-state index in [4.69, 9.17) is 0 Å². The minimum absolute atomic E-state index is 1.06. The number of hydrogen-bond acceptors (Lipinski definition) is 1. The van der Waals surface area contributed by atoms with Crippen LogP contribution in [0.5, 0.6) is 0 Å². The van der Waals surface area contributed by atoms with Gasteiger partial charge >= 0.3 is 0 Å². The summed E-state index contributed by atoms with van der Waals surface area (Å²) in [6.07, 6.45) is 10.4.